The van der Waals surface area contributed by atoms with Crippen molar-refractivity contribution in [3.8, 4) is 5.69 Å². The van der Waals surface area contributed by atoms with Crippen LogP contribution in [0, 0.1) is 5.92 Å². The maximum absolute atomic E-state index is 12.6. The number of para-hydroxylation sites is 1. The predicted molar refractivity (Wildman–Crippen MR) is 104 cm³/mol. The Balaban J connectivity index is 0.00000338. The van der Waals surface area contributed by atoms with Crippen LogP contribution in [0.4, 0.5) is 0 Å². The van der Waals surface area contributed by atoms with Gasteiger partial charge in [-0.15, -0.1) is 12.4 Å². The predicted octanol–water partition coefficient (Wildman–Crippen LogP) is 1.84. The highest BCUT2D eigenvalue weighted by Gasteiger charge is 2.21. The van der Waals surface area contributed by atoms with Crippen molar-refractivity contribution in [3.63, 3.8) is 0 Å². The molecular weight excluding hydrogens is 354 g/mol. The van der Waals surface area contributed by atoms with Gasteiger partial charge >= 0.3 is 0 Å². The minimum atomic E-state index is -0.639. The lowest BCUT2D eigenvalue weighted by molar-refractivity contribution is 0.0782. The summed E-state index contributed by atoms with van der Waals surface area (Å²) in [6.07, 6.45) is 0.696. The van der Waals surface area contributed by atoms with Crippen LogP contribution in [-0.4, -0.2) is 46.1 Å². The van der Waals surface area contributed by atoms with E-state index in [0.29, 0.717) is 24.6 Å². The molecule has 1 aromatic carbocycles. The number of carbonyl (C=O) groups excluding carboxylic acids is 2. The third-order valence-corrected chi connectivity index (χ3v) is 4.18. The second kappa shape index (κ2) is 9.35. The first-order chi connectivity index (χ1) is 11.8. The molecule has 0 radical (unpaired) electrons. The molecule has 0 saturated carbocycles. The van der Waals surface area contributed by atoms with Crippen molar-refractivity contribution in [2.24, 2.45) is 17.4 Å². The van der Waals surface area contributed by atoms with Crippen LogP contribution in [0.15, 0.2) is 36.4 Å². The second-order valence-corrected chi connectivity index (χ2v) is 6.45. The molecule has 1 atom stereocenters. The molecule has 2 aromatic rings. The number of rotatable bonds is 7. The fraction of sp³-hybridized carbons (Fsp3) is 0.389. The van der Waals surface area contributed by atoms with Gasteiger partial charge in [-0.05, 0) is 24.5 Å². The number of aromatic nitrogens is 2. The third-order valence-electron chi connectivity index (χ3n) is 4.18. The van der Waals surface area contributed by atoms with E-state index in [1.807, 2.05) is 32.0 Å². The SMILES string of the molecule is CC(C)C(N)CCN(C)C(=O)c1cc(C(N)=O)n(-c2ccccc2)n1.Cl. The van der Waals surface area contributed by atoms with Crippen LogP contribution in [0.25, 0.3) is 5.69 Å². The van der Waals surface area contributed by atoms with Gasteiger partial charge in [-0.1, -0.05) is 32.0 Å². The smallest absolute Gasteiger partial charge is 0.274 e. The lowest BCUT2D eigenvalue weighted by Crippen LogP contribution is -2.34. The summed E-state index contributed by atoms with van der Waals surface area (Å²) in [5, 5.41) is 4.28. The van der Waals surface area contributed by atoms with Gasteiger partial charge < -0.3 is 16.4 Å². The summed E-state index contributed by atoms with van der Waals surface area (Å²) in [4.78, 5) is 25.9. The van der Waals surface area contributed by atoms with Gasteiger partial charge in [0, 0.05) is 25.7 Å². The highest BCUT2D eigenvalue weighted by Crippen LogP contribution is 2.14. The molecule has 0 saturated heterocycles. The number of benzene rings is 1. The van der Waals surface area contributed by atoms with Crippen LogP contribution in [0.2, 0.25) is 0 Å². The maximum atomic E-state index is 12.6. The van der Waals surface area contributed by atoms with Gasteiger partial charge in [0.05, 0.1) is 5.69 Å². The topological polar surface area (TPSA) is 107 Å². The number of amides is 2. The molecular formula is C18H26ClN5O2. The number of nitrogens with two attached hydrogens (primary N) is 2. The van der Waals surface area contributed by atoms with Crippen molar-refractivity contribution in [1.82, 2.24) is 14.7 Å². The summed E-state index contributed by atoms with van der Waals surface area (Å²) >= 11 is 0. The molecule has 26 heavy (non-hydrogen) atoms. The van der Waals surface area contributed by atoms with Gasteiger partial charge in [-0.2, -0.15) is 5.10 Å². The minimum absolute atomic E-state index is 0. The van der Waals surface area contributed by atoms with Crippen LogP contribution < -0.4 is 11.5 Å². The van der Waals surface area contributed by atoms with Gasteiger partial charge in [-0.25, -0.2) is 4.68 Å². The van der Waals surface area contributed by atoms with Crippen molar-refractivity contribution in [2.75, 3.05) is 13.6 Å². The van der Waals surface area contributed by atoms with E-state index in [4.69, 9.17) is 11.5 Å². The Kier molecular flexibility index (Phi) is 7.79. The average Bonchev–Trinajstić information content (AvgIpc) is 3.04. The maximum Gasteiger partial charge on any atom is 0.274 e. The molecule has 0 aliphatic heterocycles. The molecule has 0 aliphatic rings. The molecule has 142 valence electrons. The van der Waals surface area contributed by atoms with E-state index >= 15 is 0 Å². The summed E-state index contributed by atoms with van der Waals surface area (Å²) in [5.41, 5.74) is 12.5. The Labute approximate surface area is 159 Å². The normalized spacial score (nSPS) is 11.7. The number of primary amides is 1. The molecule has 0 spiro atoms. The zero-order valence-electron chi connectivity index (χ0n) is 15.3. The second-order valence-electron chi connectivity index (χ2n) is 6.45. The van der Waals surface area contributed by atoms with Gasteiger partial charge in [0.15, 0.2) is 5.69 Å². The summed E-state index contributed by atoms with van der Waals surface area (Å²) < 4.78 is 1.39. The standard InChI is InChI=1S/C18H25N5O2.ClH/c1-12(2)14(19)9-10-22(3)18(25)15-11-16(17(20)24)23(21-15)13-7-5-4-6-8-13;/h4-8,11-12,14H,9-10,19H2,1-3H3,(H2,20,24);1H. The van der Waals surface area contributed by atoms with Crippen LogP contribution in [-0.2, 0) is 0 Å². The first-order valence-electron chi connectivity index (χ1n) is 8.27. The molecule has 0 aliphatic carbocycles. The Morgan fingerprint density at radius 1 is 1.23 bits per heavy atom. The van der Waals surface area contributed by atoms with Crippen molar-refractivity contribution in [1.29, 1.82) is 0 Å². The van der Waals surface area contributed by atoms with E-state index in [0.717, 1.165) is 0 Å². The zero-order valence-corrected chi connectivity index (χ0v) is 16.1. The molecule has 1 aromatic heterocycles. The van der Waals surface area contributed by atoms with Gasteiger partial charge in [0.2, 0.25) is 0 Å². The number of nitrogens with zero attached hydrogens (tertiary/aromatic N) is 3. The van der Waals surface area contributed by atoms with E-state index in [2.05, 4.69) is 5.10 Å². The molecule has 7 nitrogen and oxygen atoms in total. The molecule has 0 bridgehead atoms. The molecule has 0 fully saturated rings. The zero-order chi connectivity index (χ0) is 18.6. The van der Waals surface area contributed by atoms with Gasteiger partial charge in [0.25, 0.3) is 11.8 Å². The van der Waals surface area contributed by atoms with Crippen LogP contribution >= 0.6 is 12.4 Å². The fourth-order valence-corrected chi connectivity index (χ4v) is 2.40. The fourth-order valence-electron chi connectivity index (χ4n) is 2.40. The Morgan fingerprint density at radius 3 is 2.38 bits per heavy atom. The average molecular weight is 380 g/mol. The first kappa shape index (κ1) is 21.7. The van der Waals surface area contributed by atoms with E-state index in [1.165, 1.54) is 10.7 Å². The van der Waals surface area contributed by atoms with Crippen molar-refractivity contribution < 1.29 is 9.59 Å². The van der Waals surface area contributed by atoms with E-state index < -0.39 is 5.91 Å². The van der Waals surface area contributed by atoms with Crippen LogP contribution in [0.1, 0.15) is 41.2 Å². The molecule has 4 N–H and O–H groups in total. The van der Waals surface area contributed by atoms with E-state index in [1.54, 1.807) is 24.1 Å². The summed E-state index contributed by atoms with van der Waals surface area (Å²) in [6, 6.07) is 10.5. The van der Waals surface area contributed by atoms with Crippen molar-refractivity contribution in [2.45, 2.75) is 26.3 Å². The molecule has 1 unspecified atom stereocenters. The lowest BCUT2D eigenvalue weighted by atomic mass is 10.0. The van der Waals surface area contributed by atoms with E-state index in [-0.39, 0.29) is 35.7 Å². The highest BCUT2D eigenvalue weighted by atomic mass is 35.5. The molecule has 1 heterocycles. The largest absolute Gasteiger partial charge is 0.364 e. The number of hydrogen-bond acceptors (Lipinski definition) is 4. The molecule has 2 rings (SSSR count). The summed E-state index contributed by atoms with van der Waals surface area (Å²) in [7, 11) is 1.70. The lowest BCUT2D eigenvalue weighted by Gasteiger charge is -2.20. The van der Waals surface area contributed by atoms with E-state index in [9.17, 15) is 9.59 Å². The van der Waals surface area contributed by atoms with Crippen LogP contribution in [0.5, 0.6) is 0 Å². The van der Waals surface area contributed by atoms with Crippen LogP contribution in [0.3, 0.4) is 0 Å². The quantitative estimate of drug-likeness (QED) is 0.765. The number of halogens is 1. The Morgan fingerprint density at radius 2 is 1.85 bits per heavy atom. The number of hydrogen-bond donors (Lipinski definition) is 2. The summed E-state index contributed by atoms with van der Waals surface area (Å²) in [5.74, 6) is -0.560. The monoisotopic (exact) mass is 379 g/mol. The molecule has 8 heteroatoms. The third kappa shape index (κ3) is 5.06. The minimum Gasteiger partial charge on any atom is -0.364 e. The van der Waals surface area contributed by atoms with Crippen molar-refractivity contribution in [3.05, 3.63) is 47.8 Å². The van der Waals surface area contributed by atoms with Gasteiger partial charge in [0.1, 0.15) is 5.69 Å². The Bertz CT molecular complexity index is 745. The summed E-state index contributed by atoms with van der Waals surface area (Å²) in [6.45, 7) is 4.61. The van der Waals surface area contributed by atoms with Gasteiger partial charge in [-0.3, -0.25) is 9.59 Å². The molecule has 2 amide bonds. The Hall–Kier alpha value is -2.38. The van der Waals surface area contributed by atoms with Crippen molar-refractivity contribution >= 4 is 24.2 Å². The first-order valence-corrected chi connectivity index (χ1v) is 8.27. The number of carbonyl (C=O) groups is 2. The highest BCUT2D eigenvalue weighted by molar-refractivity contribution is 5.97.